The van der Waals surface area contributed by atoms with Crippen LogP contribution in [-0.4, -0.2) is 38.3 Å². The highest BCUT2D eigenvalue weighted by Crippen LogP contribution is 2.17. The minimum Gasteiger partial charge on any atom is -0.497 e. The fraction of sp³-hybridized carbons (Fsp3) is 0.526. The van der Waals surface area contributed by atoms with E-state index in [2.05, 4.69) is 13.0 Å². The van der Waals surface area contributed by atoms with E-state index in [-0.39, 0.29) is 11.8 Å². The van der Waals surface area contributed by atoms with Gasteiger partial charge in [0.15, 0.2) is 0 Å². The number of hydrogen-bond donors (Lipinski definition) is 0. The van der Waals surface area contributed by atoms with Gasteiger partial charge in [0.1, 0.15) is 11.9 Å². The number of amides is 1. The van der Waals surface area contributed by atoms with Crippen molar-refractivity contribution in [3.8, 4) is 5.75 Å². The molecule has 5 nitrogen and oxygen atoms in total. The molecule has 1 aromatic rings. The van der Waals surface area contributed by atoms with Crippen molar-refractivity contribution in [1.82, 2.24) is 5.06 Å². The highest BCUT2D eigenvalue weighted by molar-refractivity contribution is 5.80. The summed E-state index contributed by atoms with van der Waals surface area (Å²) in [6.45, 7) is 4.45. The first kappa shape index (κ1) is 20.2. The zero-order valence-corrected chi connectivity index (χ0v) is 15.3. The molecular formula is C19H29NO4. The molecule has 1 amide bonds. The summed E-state index contributed by atoms with van der Waals surface area (Å²) in [5, 5.41) is 1.21. The number of rotatable bonds is 10. The lowest BCUT2D eigenvalue weighted by molar-refractivity contribution is -0.183. The van der Waals surface area contributed by atoms with Gasteiger partial charge >= 0.3 is 0 Å². The standard InChI is InChI=1S/C19H29NO4/c1-6-7-8-9-15(2)18(19(21)20(3)23-5)24-14-16-10-12-17(22-4)13-11-16/h8-13,15,18H,6-7,14H2,1-5H3/b9-8+/t15-,18-/m1/s1. The van der Waals surface area contributed by atoms with Gasteiger partial charge in [0.2, 0.25) is 0 Å². The minimum atomic E-state index is -0.592. The molecular weight excluding hydrogens is 306 g/mol. The number of nitrogens with zero attached hydrogens (tertiary/aromatic N) is 1. The van der Waals surface area contributed by atoms with E-state index < -0.39 is 6.10 Å². The second kappa shape index (κ2) is 10.8. The second-order valence-corrected chi connectivity index (χ2v) is 5.67. The molecule has 134 valence electrons. The smallest absolute Gasteiger partial charge is 0.275 e. The van der Waals surface area contributed by atoms with Crippen molar-refractivity contribution in [3.63, 3.8) is 0 Å². The Bertz CT molecular complexity index is 513. The maximum Gasteiger partial charge on any atom is 0.275 e. The van der Waals surface area contributed by atoms with Crippen molar-refractivity contribution in [3.05, 3.63) is 42.0 Å². The molecule has 0 radical (unpaired) electrons. The van der Waals surface area contributed by atoms with Gasteiger partial charge in [-0.05, 0) is 24.1 Å². The summed E-state index contributed by atoms with van der Waals surface area (Å²) in [4.78, 5) is 17.5. The zero-order valence-electron chi connectivity index (χ0n) is 15.3. The third kappa shape index (κ3) is 6.34. The number of benzene rings is 1. The number of likely N-dealkylation sites (N-methyl/N-ethyl adjacent to an activating group) is 1. The molecule has 0 aliphatic heterocycles. The van der Waals surface area contributed by atoms with Crippen LogP contribution in [0.2, 0.25) is 0 Å². The lowest BCUT2D eigenvalue weighted by Crippen LogP contribution is -2.40. The Kier molecular flexibility index (Phi) is 9.12. The highest BCUT2D eigenvalue weighted by atomic mass is 16.7. The van der Waals surface area contributed by atoms with Crippen LogP contribution in [0.15, 0.2) is 36.4 Å². The first-order valence-electron chi connectivity index (χ1n) is 8.26. The van der Waals surface area contributed by atoms with Crippen LogP contribution in [0.4, 0.5) is 0 Å². The van der Waals surface area contributed by atoms with E-state index in [1.807, 2.05) is 37.3 Å². The summed E-state index contributed by atoms with van der Waals surface area (Å²) in [7, 11) is 4.69. The fourth-order valence-corrected chi connectivity index (χ4v) is 2.20. The maximum absolute atomic E-state index is 12.5. The van der Waals surface area contributed by atoms with Crippen LogP contribution in [-0.2, 0) is 21.0 Å². The van der Waals surface area contributed by atoms with Gasteiger partial charge in [0.25, 0.3) is 5.91 Å². The third-order valence-corrected chi connectivity index (χ3v) is 3.79. The van der Waals surface area contributed by atoms with Crippen molar-refractivity contribution in [1.29, 1.82) is 0 Å². The van der Waals surface area contributed by atoms with E-state index in [4.69, 9.17) is 14.3 Å². The van der Waals surface area contributed by atoms with Crippen molar-refractivity contribution in [2.45, 2.75) is 39.4 Å². The van der Waals surface area contributed by atoms with Gasteiger partial charge in [-0.3, -0.25) is 9.63 Å². The van der Waals surface area contributed by atoms with Crippen molar-refractivity contribution in [2.75, 3.05) is 21.3 Å². The topological polar surface area (TPSA) is 48.0 Å². The number of ether oxygens (including phenoxy) is 2. The van der Waals surface area contributed by atoms with E-state index in [9.17, 15) is 4.79 Å². The number of unbranched alkanes of at least 4 members (excludes halogenated alkanes) is 1. The van der Waals surface area contributed by atoms with E-state index >= 15 is 0 Å². The van der Waals surface area contributed by atoms with Gasteiger partial charge in [0.05, 0.1) is 20.8 Å². The quantitative estimate of drug-likeness (QED) is 0.484. The van der Waals surface area contributed by atoms with Crippen LogP contribution in [0.1, 0.15) is 32.3 Å². The predicted octanol–water partition coefficient (Wildman–Crippen LogP) is 3.59. The Morgan fingerprint density at radius 1 is 1.25 bits per heavy atom. The first-order chi connectivity index (χ1) is 11.5. The molecule has 5 heteroatoms. The molecule has 0 fully saturated rings. The molecule has 2 atom stereocenters. The van der Waals surface area contributed by atoms with Gasteiger partial charge in [-0.2, -0.15) is 0 Å². The monoisotopic (exact) mass is 335 g/mol. The number of hydroxylamine groups is 2. The van der Waals surface area contributed by atoms with E-state index in [0.717, 1.165) is 24.2 Å². The minimum absolute atomic E-state index is 0.0418. The summed E-state index contributed by atoms with van der Waals surface area (Å²) in [5.74, 6) is 0.556. The van der Waals surface area contributed by atoms with Crippen LogP contribution in [0, 0.1) is 5.92 Å². The van der Waals surface area contributed by atoms with Gasteiger partial charge in [0, 0.05) is 13.0 Å². The molecule has 0 aliphatic carbocycles. The highest BCUT2D eigenvalue weighted by Gasteiger charge is 2.27. The lowest BCUT2D eigenvalue weighted by atomic mass is 10.0. The Labute approximate surface area is 145 Å². The normalized spacial score (nSPS) is 13.7. The van der Waals surface area contributed by atoms with Crippen molar-refractivity contribution in [2.24, 2.45) is 5.92 Å². The van der Waals surface area contributed by atoms with Gasteiger partial charge in [-0.15, -0.1) is 0 Å². The lowest BCUT2D eigenvalue weighted by Gasteiger charge is -2.25. The van der Waals surface area contributed by atoms with Crippen LogP contribution >= 0.6 is 0 Å². The largest absolute Gasteiger partial charge is 0.497 e. The Morgan fingerprint density at radius 2 is 1.92 bits per heavy atom. The second-order valence-electron chi connectivity index (χ2n) is 5.67. The van der Waals surface area contributed by atoms with Gasteiger partial charge in [-0.25, -0.2) is 5.06 Å². The fourth-order valence-electron chi connectivity index (χ4n) is 2.20. The third-order valence-electron chi connectivity index (χ3n) is 3.79. The molecule has 1 aromatic carbocycles. The summed E-state index contributed by atoms with van der Waals surface area (Å²) in [6.07, 6.45) is 5.60. The van der Waals surface area contributed by atoms with E-state index in [0.29, 0.717) is 6.61 Å². The summed E-state index contributed by atoms with van der Waals surface area (Å²) in [6, 6.07) is 7.61. The first-order valence-corrected chi connectivity index (χ1v) is 8.26. The number of carbonyl (C=O) groups is 1. The molecule has 1 rings (SSSR count). The summed E-state index contributed by atoms with van der Waals surface area (Å²) >= 11 is 0. The van der Waals surface area contributed by atoms with Crippen LogP contribution in [0.3, 0.4) is 0 Å². The Morgan fingerprint density at radius 3 is 2.46 bits per heavy atom. The molecule has 0 unspecified atom stereocenters. The van der Waals surface area contributed by atoms with Crippen molar-refractivity contribution < 1.29 is 19.1 Å². The van der Waals surface area contributed by atoms with Crippen LogP contribution in [0.5, 0.6) is 5.75 Å². The molecule has 0 spiro atoms. The molecule has 24 heavy (non-hydrogen) atoms. The molecule has 0 aromatic heterocycles. The van der Waals surface area contributed by atoms with Gasteiger partial charge < -0.3 is 9.47 Å². The SMILES string of the molecule is CCC/C=C/[C@@H](C)[C@@H](OCc1ccc(OC)cc1)C(=O)N(C)OC. The number of allylic oxidation sites excluding steroid dienone is 1. The predicted molar refractivity (Wildman–Crippen MR) is 94.6 cm³/mol. The molecule has 0 N–H and O–H groups in total. The van der Waals surface area contributed by atoms with Crippen LogP contribution in [0.25, 0.3) is 0 Å². The molecule has 0 heterocycles. The Balaban J connectivity index is 2.77. The molecule has 0 saturated carbocycles. The van der Waals surface area contributed by atoms with Crippen molar-refractivity contribution >= 4 is 5.91 Å². The molecule has 0 saturated heterocycles. The van der Waals surface area contributed by atoms with Gasteiger partial charge in [-0.1, -0.05) is 44.6 Å². The molecule has 0 bridgehead atoms. The average molecular weight is 335 g/mol. The van der Waals surface area contributed by atoms with Crippen LogP contribution < -0.4 is 4.74 Å². The molecule has 0 aliphatic rings. The average Bonchev–Trinajstić information content (AvgIpc) is 2.61. The zero-order chi connectivity index (χ0) is 17.9. The number of methoxy groups -OCH3 is 1. The summed E-state index contributed by atoms with van der Waals surface area (Å²) in [5.41, 5.74) is 0.985. The Hall–Kier alpha value is -1.85. The maximum atomic E-state index is 12.5. The van der Waals surface area contributed by atoms with E-state index in [1.54, 1.807) is 14.2 Å². The number of carbonyl (C=O) groups excluding carboxylic acids is 1. The van der Waals surface area contributed by atoms with E-state index in [1.165, 1.54) is 12.2 Å². The number of hydrogen-bond acceptors (Lipinski definition) is 4. The summed E-state index contributed by atoms with van der Waals surface area (Å²) < 4.78 is 11.1.